The van der Waals surface area contributed by atoms with E-state index in [1.165, 1.54) is 16.7 Å². The fourth-order valence-electron chi connectivity index (χ4n) is 2.27. The molecule has 3 nitrogen and oxygen atoms in total. The lowest BCUT2D eigenvalue weighted by Crippen LogP contribution is -2.19. The number of nitrogens with one attached hydrogen (secondary N) is 1. The molecule has 1 aromatic carbocycles. The minimum absolute atomic E-state index is 0.348. The molecule has 0 saturated carbocycles. The summed E-state index contributed by atoms with van der Waals surface area (Å²) in [5, 5.41) is 7.72. The number of aromatic nitrogens is 2. The minimum atomic E-state index is 0.348. The van der Waals surface area contributed by atoms with Crippen molar-refractivity contribution in [3.63, 3.8) is 0 Å². The molecular weight excluding hydrogens is 222 g/mol. The molecule has 1 aromatic heterocycles. The molecule has 1 unspecified atom stereocenters. The quantitative estimate of drug-likeness (QED) is 0.875. The van der Waals surface area contributed by atoms with Gasteiger partial charge in [-0.15, -0.1) is 0 Å². The van der Waals surface area contributed by atoms with Crippen LogP contribution in [0.4, 0.5) is 0 Å². The molecular formula is C15H21N3. The van der Waals surface area contributed by atoms with Crippen LogP contribution in [-0.4, -0.2) is 16.8 Å². The molecule has 1 heterocycles. The molecule has 0 saturated heterocycles. The number of hydrogen-bond donors (Lipinski definition) is 1. The Morgan fingerprint density at radius 3 is 2.72 bits per heavy atom. The lowest BCUT2D eigenvalue weighted by Gasteiger charge is -2.18. The molecule has 96 valence electrons. The highest BCUT2D eigenvalue weighted by atomic mass is 15.3. The van der Waals surface area contributed by atoms with E-state index in [0.717, 1.165) is 13.0 Å². The van der Waals surface area contributed by atoms with Gasteiger partial charge in [-0.05, 0) is 44.0 Å². The van der Waals surface area contributed by atoms with Crippen molar-refractivity contribution < 1.29 is 0 Å². The lowest BCUT2D eigenvalue weighted by atomic mass is 9.97. The molecule has 18 heavy (non-hydrogen) atoms. The van der Waals surface area contributed by atoms with E-state index in [-0.39, 0.29) is 0 Å². The van der Waals surface area contributed by atoms with Crippen molar-refractivity contribution in [3.8, 4) is 0 Å². The first-order valence-corrected chi connectivity index (χ1v) is 6.48. The number of nitrogens with zero attached hydrogens (tertiary/aromatic N) is 2. The van der Waals surface area contributed by atoms with Crippen molar-refractivity contribution in [1.82, 2.24) is 15.1 Å². The van der Waals surface area contributed by atoms with Crippen molar-refractivity contribution in [3.05, 3.63) is 53.3 Å². The van der Waals surface area contributed by atoms with Gasteiger partial charge < -0.3 is 5.32 Å². The molecule has 0 bridgehead atoms. The second kappa shape index (κ2) is 5.83. The number of likely N-dealkylation sites (N-methyl/N-ethyl adjacent to an activating group) is 1. The Hall–Kier alpha value is -1.61. The van der Waals surface area contributed by atoms with Gasteiger partial charge in [0.25, 0.3) is 0 Å². The number of aryl methyl sites for hydroxylation is 2. The first kappa shape index (κ1) is 12.8. The van der Waals surface area contributed by atoms with Gasteiger partial charge in [0.1, 0.15) is 0 Å². The monoisotopic (exact) mass is 243 g/mol. The van der Waals surface area contributed by atoms with Gasteiger partial charge in [-0.1, -0.05) is 24.3 Å². The van der Waals surface area contributed by atoms with Crippen LogP contribution < -0.4 is 5.32 Å². The fourth-order valence-corrected chi connectivity index (χ4v) is 2.27. The second-order valence-corrected chi connectivity index (χ2v) is 4.61. The van der Waals surface area contributed by atoms with Crippen LogP contribution in [0.15, 0.2) is 36.7 Å². The Balaban J connectivity index is 2.17. The normalized spacial score (nSPS) is 12.6. The van der Waals surface area contributed by atoms with Gasteiger partial charge in [0.2, 0.25) is 0 Å². The van der Waals surface area contributed by atoms with Gasteiger partial charge in [-0.3, -0.25) is 4.68 Å². The topological polar surface area (TPSA) is 29.9 Å². The zero-order valence-corrected chi connectivity index (χ0v) is 11.4. The largest absolute Gasteiger partial charge is 0.313 e. The zero-order chi connectivity index (χ0) is 13.0. The molecule has 0 aliphatic carbocycles. The SMILES string of the molecule is CCn1cc(CC(NC)c2ccccc2C)cn1. The fraction of sp³-hybridized carbons (Fsp3) is 0.400. The number of rotatable bonds is 5. The van der Waals surface area contributed by atoms with Gasteiger partial charge in [-0.25, -0.2) is 0 Å². The maximum Gasteiger partial charge on any atom is 0.0522 e. The van der Waals surface area contributed by atoms with E-state index in [9.17, 15) is 0 Å². The Bertz CT molecular complexity index is 502. The summed E-state index contributed by atoms with van der Waals surface area (Å²) in [7, 11) is 2.02. The molecule has 0 aliphatic heterocycles. The maximum atomic E-state index is 4.33. The van der Waals surface area contributed by atoms with E-state index in [2.05, 4.69) is 54.7 Å². The van der Waals surface area contributed by atoms with Gasteiger partial charge in [0.05, 0.1) is 6.20 Å². The van der Waals surface area contributed by atoms with Crippen LogP contribution in [-0.2, 0) is 13.0 Å². The highest BCUT2D eigenvalue weighted by molar-refractivity contribution is 5.30. The molecule has 0 spiro atoms. The average molecular weight is 243 g/mol. The van der Waals surface area contributed by atoms with E-state index >= 15 is 0 Å². The van der Waals surface area contributed by atoms with E-state index < -0.39 is 0 Å². The molecule has 2 aromatic rings. The summed E-state index contributed by atoms with van der Waals surface area (Å²) < 4.78 is 1.97. The second-order valence-electron chi connectivity index (χ2n) is 4.61. The highest BCUT2D eigenvalue weighted by Gasteiger charge is 2.12. The Morgan fingerprint density at radius 1 is 1.33 bits per heavy atom. The van der Waals surface area contributed by atoms with Crippen molar-refractivity contribution in [2.45, 2.75) is 32.9 Å². The van der Waals surface area contributed by atoms with E-state index in [1.54, 1.807) is 0 Å². The Labute approximate surface area is 109 Å². The van der Waals surface area contributed by atoms with Crippen LogP contribution >= 0.6 is 0 Å². The summed E-state index contributed by atoms with van der Waals surface area (Å²) in [6.45, 7) is 5.19. The van der Waals surface area contributed by atoms with Crippen LogP contribution in [0.25, 0.3) is 0 Å². The summed E-state index contributed by atoms with van der Waals surface area (Å²) in [5.41, 5.74) is 3.98. The van der Waals surface area contributed by atoms with E-state index in [4.69, 9.17) is 0 Å². The summed E-state index contributed by atoms with van der Waals surface area (Å²) in [6, 6.07) is 8.89. The Morgan fingerprint density at radius 2 is 2.11 bits per heavy atom. The molecule has 2 rings (SSSR count). The van der Waals surface area contributed by atoms with E-state index in [0.29, 0.717) is 6.04 Å². The van der Waals surface area contributed by atoms with Crippen LogP contribution in [0.2, 0.25) is 0 Å². The van der Waals surface area contributed by atoms with Gasteiger partial charge in [0.15, 0.2) is 0 Å². The van der Waals surface area contributed by atoms with Crippen LogP contribution in [0.3, 0.4) is 0 Å². The smallest absolute Gasteiger partial charge is 0.0522 e. The summed E-state index contributed by atoms with van der Waals surface area (Å²) in [5.74, 6) is 0. The van der Waals surface area contributed by atoms with Crippen molar-refractivity contribution in [2.24, 2.45) is 0 Å². The molecule has 0 fully saturated rings. The van der Waals surface area contributed by atoms with Crippen LogP contribution in [0, 0.1) is 6.92 Å². The summed E-state index contributed by atoms with van der Waals surface area (Å²) in [6.07, 6.45) is 5.07. The summed E-state index contributed by atoms with van der Waals surface area (Å²) in [4.78, 5) is 0. The third-order valence-electron chi connectivity index (χ3n) is 3.36. The third-order valence-corrected chi connectivity index (χ3v) is 3.36. The average Bonchev–Trinajstić information content (AvgIpc) is 2.85. The minimum Gasteiger partial charge on any atom is -0.313 e. The molecule has 0 aliphatic rings. The Kier molecular flexibility index (Phi) is 4.15. The standard InChI is InChI=1S/C15H21N3/c1-4-18-11-13(10-17-18)9-15(16-3)14-8-6-5-7-12(14)2/h5-8,10-11,15-16H,4,9H2,1-3H3. The zero-order valence-electron chi connectivity index (χ0n) is 11.4. The van der Waals surface area contributed by atoms with Gasteiger partial charge in [-0.2, -0.15) is 5.10 Å². The number of benzene rings is 1. The summed E-state index contributed by atoms with van der Waals surface area (Å²) >= 11 is 0. The first-order valence-electron chi connectivity index (χ1n) is 6.48. The van der Waals surface area contributed by atoms with Crippen molar-refractivity contribution in [2.75, 3.05) is 7.05 Å². The molecule has 3 heteroatoms. The van der Waals surface area contributed by atoms with Gasteiger partial charge >= 0.3 is 0 Å². The molecule has 0 radical (unpaired) electrons. The lowest BCUT2D eigenvalue weighted by molar-refractivity contribution is 0.587. The number of hydrogen-bond acceptors (Lipinski definition) is 2. The van der Waals surface area contributed by atoms with Crippen LogP contribution in [0.5, 0.6) is 0 Å². The maximum absolute atomic E-state index is 4.33. The van der Waals surface area contributed by atoms with Crippen molar-refractivity contribution >= 4 is 0 Å². The first-order chi connectivity index (χ1) is 8.74. The molecule has 0 amide bonds. The molecule has 1 N–H and O–H groups in total. The van der Waals surface area contributed by atoms with Crippen LogP contribution in [0.1, 0.15) is 29.7 Å². The van der Waals surface area contributed by atoms with E-state index in [1.807, 2.05) is 17.9 Å². The van der Waals surface area contributed by atoms with Crippen molar-refractivity contribution in [1.29, 1.82) is 0 Å². The predicted molar refractivity (Wildman–Crippen MR) is 74.6 cm³/mol. The highest BCUT2D eigenvalue weighted by Crippen LogP contribution is 2.21. The third kappa shape index (κ3) is 2.79. The van der Waals surface area contributed by atoms with Gasteiger partial charge in [0, 0.05) is 18.8 Å². The predicted octanol–water partition coefficient (Wildman–Crippen LogP) is 2.71. The molecule has 1 atom stereocenters.